The zero-order valence-corrected chi connectivity index (χ0v) is 25.2. The lowest BCUT2D eigenvalue weighted by atomic mass is 9.95. The number of fused-ring (bicyclic) bond motifs is 3. The topological polar surface area (TPSA) is 121 Å². The minimum absolute atomic E-state index is 0.0166. The maximum absolute atomic E-state index is 16.8. The minimum atomic E-state index is -1.44. The van der Waals surface area contributed by atoms with Gasteiger partial charge in [-0.15, -0.1) is 11.3 Å². The van der Waals surface area contributed by atoms with Gasteiger partial charge >= 0.3 is 12.1 Å². The number of nitrogens with zero attached hydrogens (tertiary/aromatic N) is 4. The first-order valence-electron chi connectivity index (χ1n) is 14.3. The smallest absolute Gasteiger partial charge is 0.409 e. The van der Waals surface area contributed by atoms with Crippen molar-refractivity contribution in [3.63, 3.8) is 0 Å². The molecule has 2 fully saturated rings. The number of alkyl halides is 1. The van der Waals surface area contributed by atoms with Crippen LogP contribution in [0.1, 0.15) is 36.9 Å². The first kappa shape index (κ1) is 29.7. The maximum atomic E-state index is 16.8. The Bertz CT molecular complexity index is 1960. The Balaban J connectivity index is 1.41. The number of anilines is 1. The molecule has 0 aliphatic carbocycles. The van der Waals surface area contributed by atoms with E-state index in [0.717, 1.165) is 36.8 Å². The van der Waals surface area contributed by atoms with Crippen molar-refractivity contribution >= 4 is 60.6 Å². The highest BCUT2D eigenvalue weighted by molar-refractivity contribution is 7.23. The maximum Gasteiger partial charge on any atom is 0.409 e. The summed E-state index contributed by atoms with van der Waals surface area (Å²) < 4.78 is 57.9. The lowest BCUT2D eigenvalue weighted by Gasteiger charge is -2.30. The molecule has 0 unspecified atom stereocenters. The number of nitriles is 1. The van der Waals surface area contributed by atoms with Gasteiger partial charge in [-0.05, 0) is 43.5 Å². The lowest BCUT2D eigenvalue weighted by Crippen LogP contribution is -2.43. The van der Waals surface area contributed by atoms with Crippen molar-refractivity contribution in [1.82, 2.24) is 14.9 Å². The number of carboxylic acid groups (broad SMARTS) is 1. The van der Waals surface area contributed by atoms with Crippen molar-refractivity contribution in [3.8, 4) is 23.2 Å². The fraction of sp³-hybridized carbons (Fsp3) is 0.355. The molecule has 0 radical (unpaired) electrons. The van der Waals surface area contributed by atoms with Crippen LogP contribution in [0.3, 0.4) is 0 Å². The van der Waals surface area contributed by atoms with Crippen molar-refractivity contribution in [2.24, 2.45) is 0 Å². The zero-order valence-electron chi connectivity index (χ0n) is 23.6. The summed E-state index contributed by atoms with van der Waals surface area (Å²) in [5, 5.41) is 21.5. The van der Waals surface area contributed by atoms with E-state index in [9.17, 15) is 23.9 Å². The van der Waals surface area contributed by atoms with Gasteiger partial charge in [0.2, 0.25) is 0 Å². The molecule has 2 N–H and O–H groups in total. The van der Waals surface area contributed by atoms with Gasteiger partial charge in [0.15, 0.2) is 5.82 Å². The van der Waals surface area contributed by atoms with E-state index in [2.05, 4.69) is 20.2 Å². The standard InChI is InChI=1S/C31H25ClF3N5O4S/c32-20-9-18-25(15-3-1-8-43-13-15)37-29(44-14-31-6-2-7-40(31)12-16(33)10-31)38-26(18)24(35)23(20)17-4-5-21(34)27-22(17)19(11-36)28(45-27)39-30(41)42/h3-5,9,16,39H,1-2,6-8,10,12-14H2,(H,41,42)/t16-,31+/m1/s1. The Kier molecular flexibility index (Phi) is 7.56. The average Bonchev–Trinajstić information content (AvgIpc) is 3.67. The minimum Gasteiger partial charge on any atom is -0.465 e. The van der Waals surface area contributed by atoms with Crippen LogP contribution in [0.2, 0.25) is 5.02 Å². The highest BCUT2D eigenvalue weighted by Gasteiger charge is 2.49. The Morgan fingerprint density at radius 3 is 2.96 bits per heavy atom. The van der Waals surface area contributed by atoms with E-state index in [1.54, 1.807) is 0 Å². The monoisotopic (exact) mass is 655 g/mol. The molecule has 4 aromatic rings. The van der Waals surface area contributed by atoms with E-state index < -0.39 is 29.4 Å². The van der Waals surface area contributed by atoms with Crippen LogP contribution in [0, 0.1) is 23.0 Å². The Morgan fingerprint density at radius 2 is 2.20 bits per heavy atom. The number of hydrogen-bond donors (Lipinski definition) is 2. The second kappa shape index (κ2) is 11.4. The van der Waals surface area contributed by atoms with E-state index in [1.807, 2.05) is 12.1 Å². The second-order valence-electron chi connectivity index (χ2n) is 11.4. The van der Waals surface area contributed by atoms with Crippen molar-refractivity contribution in [3.05, 3.63) is 52.2 Å². The van der Waals surface area contributed by atoms with Gasteiger partial charge in [-0.3, -0.25) is 10.2 Å². The molecule has 2 atom stereocenters. The molecule has 232 valence electrons. The van der Waals surface area contributed by atoms with Crippen LogP contribution in [0.5, 0.6) is 6.01 Å². The van der Waals surface area contributed by atoms with Crippen LogP contribution < -0.4 is 10.1 Å². The van der Waals surface area contributed by atoms with Crippen LogP contribution in [-0.4, -0.2) is 70.7 Å². The Hall–Kier alpha value is -3.96. The van der Waals surface area contributed by atoms with Gasteiger partial charge in [0.25, 0.3) is 0 Å². The number of ether oxygens (including phenoxy) is 2. The predicted octanol–water partition coefficient (Wildman–Crippen LogP) is 7.16. The number of rotatable bonds is 6. The van der Waals surface area contributed by atoms with Crippen molar-refractivity contribution in [2.75, 3.05) is 38.2 Å². The van der Waals surface area contributed by atoms with Gasteiger partial charge in [-0.2, -0.15) is 15.2 Å². The number of nitrogens with one attached hydrogen (secondary N) is 1. The molecule has 1 amide bonds. The normalized spacial score (nSPS) is 21.6. The number of amides is 1. The van der Waals surface area contributed by atoms with E-state index in [4.69, 9.17) is 21.1 Å². The molecule has 0 bridgehead atoms. The van der Waals surface area contributed by atoms with Crippen LogP contribution in [0.25, 0.3) is 37.7 Å². The predicted molar refractivity (Wildman–Crippen MR) is 164 cm³/mol. The fourth-order valence-electron chi connectivity index (χ4n) is 6.77. The summed E-state index contributed by atoms with van der Waals surface area (Å²) in [6, 6.07) is 5.74. The number of aromatic nitrogens is 2. The molecule has 9 nitrogen and oxygen atoms in total. The summed E-state index contributed by atoms with van der Waals surface area (Å²) in [4.78, 5) is 22.6. The average molecular weight is 656 g/mol. The van der Waals surface area contributed by atoms with Gasteiger partial charge in [0.05, 0.1) is 39.7 Å². The molecule has 14 heteroatoms. The van der Waals surface area contributed by atoms with Crippen molar-refractivity contribution < 1.29 is 32.5 Å². The summed E-state index contributed by atoms with van der Waals surface area (Å²) in [5.41, 5.74) is 0.252. The summed E-state index contributed by atoms with van der Waals surface area (Å²) in [6.45, 7) is 2.01. The highest BCUT2D eigenvalue weighted by atomic mass is 35.5. The Labute approximate surface area is 263 Å². The molecular weight excluding hydrogens is 631 g/mol. The quantitative estimate of drug-likeness (QED) is 0.224. The molecule has 45 heavy (non-hydrogen) atoms. The number of halogens is 4. The van der Waals surface area contributed by atoms with Gasteiger partial charge in [-0.1, -0.05) is 23.7 Å². The molecular formula is C31H25ClF3N5O4S. The molecule has 3 aliphatic heterocycles. The molecule has 5 heterocycles. The molecule has 0 saturated carbocycles. The number of hydrogen-bond acceptors (Lipinski definition) is 8. The Morgan fingerprint density at radius 1 is 1.36 bits per heavy atom. The largest absolute Gasteiger partial charge is 0.465 e. The number of benzene rings is 2. The summed E-state index contributed by atoms with van der Waals surface area (Å²) in [5.74, 6) is -1.57. The SMILES string of the molecule is N#Cc1c(NC(=O)O)sc2c(F)ccc(-c3c(Cl)cc4c(C5=CCCOC5)nc(OC[C@@]56CCCN5C[C@H](F)C6)nc4c3F)c12. The third-order valence-electron chi connectivity index (χ3n) is 8.70. The summed E-state index contributed by atoms with van der Waals surface area (Å²) in [6.07, 6.45) is 2.20. The van der Waals surface area contributed by atoms with Crippen molar-refractivity contribution in [1.29, 1.82) is 5.26 Å². The fourth-order valence-corrected chi connectivity index (χ4v) is 8.14. The van der Waals surface area contributed by atoms with Crippen LogP contribution in [0.15, 0.2) is 24.3 Å². The third kappa shape index (κ3) is 5.06. The highest BCUT2D eigenvalue weighted by Crippen LogP contribution is 2.46. The van der Waals surface area contributed by atoms with Crippen LogP contribution in [-0.2, 0) is 4.74 Å². The summed E-state index contributed by atoms with van der Waals surface area (Å²) in [7, 11) is 0. The summed E-state index contributed by atoms with van der Waals surface area (Å²) >= 11 is 7.46. The van der Waals surface area contributed by atoms with Gasteiger partial charge in [0, 0.05) is 34.9 Å². The zero-order chi connectivity index (χ0) is 31.5. The van der Waals surface area contributed by atoms with E-state index in [-0.39, 0.29) is 61.5 Å². The second-order valence-corrected chi connectivity index (χ2v) is 12.8. The molecule has 0 spiro atoms. The number of carbonyl (C=O) groups is 1. The lowest BCUT2D eigenvalue weighted by molar-refractivity contribution is 0.107. The first-order chi connectivity index (χ1) is 21.7. The van der Waals surface area contributed by atoms with Gasteiger partial charge < -0.3 is 14.6 Å². The number of thiophene rings is 1. The van der Waals surface area contributed by atoms with E-state index in [0.29, 0.717) is 42.6 Å². The molecule has 2 saturated heterocycles. The van der Waals surface area contributed by atoms with Crippen LogP contribution in [0.4, 0.5) is 23.0 Å². The third-order valence-corrected chi connectivity index (χ3v) is 10.1. The molecule has 2 aromatic carbocycles. The molecule has 3 aliphatic rings. The van der Waals surface area contributed by atoms with Crippen LogP contribution >= 0.6 is 22.9 Å². The van der Waals surface area contributed by atoms with Crippen molar-refractivity contribution in [2.45, 2.75) is 37.4 Å². The van der Waals surface area contributed by atoms with Gasteiger partial charge in [0.1, 0.15) is 35.2 Å². The first-order valence-corrected chi connectivity index (χ1v) is 15.5. The molecule has 7 rings (SSSR count). The van der Waals surface area contributed by atoms with E-state index in [1.165, 1.54) is 12.1 Å². The van der Waals surface area contributed by atoms with Gasteiger partial charge in [-0.25, -0.2) is 18.0 Å². The van der Waals surface area contributed by atoms with E-state index >= 15 is 4.39 Å². The molecule has 2 aromatic heterocycles.